The molecule has 1 aromatic carbocycles. The molecule has 2 rings (SSSR count). The molecule has 0 bridgehead atoms. The molecule has 0 saturated heterocycles. The van der Waals surface area contributed by atoms with Crippen LogP contribution >= 0.6 is 0 Å². The van der Waals surface area contributed by atoms with Crippen LogP contribution in [0.25, 0.3) is 0 Å². The highest BCUT2D eigenvalue weighted by molar-refractivity contribution is 5.26. The van der Waals surface area contributed by atoms with Crippen molar-refractivity contribution in [1.29, 1.82) is 0 Å². The fraction of sp³-hybridized carbons (Fsp3) is 0.353. The van der Waals surface area contributed by atoms with E-state index < -0.39 is 0 Å². The van der Waals surface area contributed by atoms with Crippen LogP contribution in [0.5, 0.6) is 0 Å². The number of pyridine rings is 1. The highest BCUT2D eigenvalue weighted by Crippen LogP contribution is 2.30. The van der Waals surface area contributed by atoms with Crippen LogP contribution in [-0.2, 0) is 0 Å². The van der Waals surface area contributed by atoms with Crippen molar-refractivity contribution >= 4 is 0 Å². The summed E-state index contributed by atoms with van der Waals surface area (Å²) in [6.07, 6.45) is 4.70. The van der Waals surface area contributed by atoms with Gasteiger partial charge < -0.3 is 5.32 Å². The Labute approximate surface area is 120 Å². The van der Waals surface area contributed by atoms with Crippen LogP contribution in [0.3, 0.4) is 0 Å². The van der Waals surface area contributed by atoms with Gasteiger partial charge in [-0.3, -0.25) is 4.98 Å². The Kier molecular flexibility index (Phi) is 5.24. The molecular formula is C17H21FN2. The van der Waals surface area contributed by atoms with E-state index in [2.05, 4.69) is 24.1 Å². The second kappa shape index (κ2) is 7.15. The summed E-state index contributed by atoms with van der Waals surface area (Å²) in [7, 11) is 0. The van der Waals surface area contributed by atoms with Gasteiger partial charge in [-0.05, 0) is 48.4 Å². The molecule has 0 spiro atoms. The second-order valence-corrected chi connectivity index (χ2v) is 5.05. The van der Waals surface area contributed by atoms with E-state index in [4.69, 9.17) is 0 Å². The Balaban J connectivity index is 2.25. The Morgan fingerprint density at radius 2 is 1.70 bits per heavy atom. The van der Waals surface area contributed by atoms with Crippen LogP contribution in [0.15, 0.2) is 48.8 Å². The van der Waals surface area contributed by atoms with Crippen LogP contribution in [0.2, 0.25) is 0 Å². The Hall–Kier alpha value is -1.74. The molecule has 2 unspecified atom stereocenters. The Bertz CT molecular complexity index is 510. The summed E-state index contributed by atoms with van der Waals surface area (Å²) in [5, 5.41) is 3.56. The molecule has 2 aromatic rings. The zero-order valence-electron chi connectivity index (χ0n) is 12.0. The van der Waals surface area contributed by atoms with Crippen LogP contribution < -0.4 is 5.32 Å². The van der Waals surface area contributed by atoms with Crippen molar-refractivity contribution in [2.45, 2.75) is 32.2 Å². The minimum atomic E-state index is -0.195. The highest BCUT2D eigenvalue weighted by Gasteiger charge is 2.20. The molecule has 1 aromatic heterocycles. The number of nitrogens with one attached hydrogen (secondary N) is 1. The summed E-state index contributed by atoms with van der Waals surface area (Å²) in [6.45, 7) is 5.27. The quantitative estimate of drug-likeness (QED) is 0.857. The summed E-state index contributed by atoms with van der Waals surface area (Å²) in [5.41, 5.74) is 2.35. The van der Waals surface area contributed by atoms with Gasteiger partial charge in [-0.25, -0.2) is 4.39 Å². The first-order valence-corrected chi connectivity index (χ1v) is 7.11. The largest absolute Gasteiger partial charge is 0.309 e. The number of rotatable bonds is 6. The van der Waals surface area contributed by atoms with Crippen molar-refractivity contribution in [1.82, 2.24) is 10.3 Å². The number of halogens is 1. The molecule has 3 heteroatoms. The van der Waals surface area contributed by atoms with E-state index in [1.807, 2.05) is 36.7 Å². The number of benzene rings is 1. The molecule has 1 N–H and O–H groups in total. The van der Waals surface area contributed by atoms with Crippen LogP contribution in [-0.4, -0.2) is 11.5 Å². The number of hydrogen-bond donors (Lipinski definition) is 1. The number of hydrogen-bond acceptors (Lipinski definition) is 2. The van der Waals surface area contributed by atoms with Crippen molar-refractivity contribution in [2.24, 2.45) is 0 Å². The Morgan fingerprint density at radius 1 is 1.05 bits per heavy atom. The molecular weight excluding hydrogens is 251 g/mol. The van der Waals surface area contributed by atoms with Crippen molar-refractivity contribution < 1.29 is 4.39 Å². The normalized spacial score (nSPS) is 13.9. The van der Waals surface area contributed by atoms with Crippen LogP contribution in [0.4, 0.5) is 4.39 Å². The maximum Gasteiger partial charge on any atom is 0.123 e. The van der Waals surface area contributed by atoms with Gasteiger partial charge in [0.25, 0.3) is 0 Å². The molecule has 0 fully saturated rings. The highest BCUT2D eigenvalue weighted by atomic mass is 19.1. The average molecular weight is 272 g/mol. The van der Waals surface area contributed by atoms with Gasteiger partial charge in [-0.2, -0.15) is 0 Å². The molecule has 20 heavy (non-hydrogen) atoms. The summed E-state index contributed by atoms with van der Waals surface area (Å²) in [4.78, 5) is 4.06. The zero-order chi connectivity index (χ0) is 14.4. The van der Waals surface area contributed by atoms with Crippen molar-refractivity contribution in [3.63, 3.8) is 0 Å². The molecule has 0 aliphatic carbocycles. The third kappa shape index (κ3) is 3.64. The summed E-state index contributed by atoms with van der Waals surface area (Å²) in [6, 6.07) is 11.0. The molecule has 2 atom stereocenters. The maximum absolute atomic E-state index is 13.1. The third-order valence-electron chi connectivity index (χ3n) is 3.58. The average Bonchev–Trinajstić information content (AvgIpc) is 2.50. The smallest absolute Gasteiger partial charge is 0.123 e. The van der Waals surface area contributed by atoms with E-state index in [0.717, 1.165) is 18.5 Å². The van der Waals surface area contributed by atoms with E-state index in [1.165, 1.54) is 17.7 Å². The predicted molar refractivity (Wildman–Crippen MR) is 80.1 cm³/mol. The van der Waals surface area contributed by atoms with E-state index in [0.29, 0.717) is 5.92 Å². The van der Waals surface area contributed by atoms with Gasteiger partial charge in [-0.15, -0.1) is 0 Å². The molecule has 2 nitrogen and oxygen atoms in total. The van der Waals surface area contributed by atoms with Gasteiger partial charge in [-0.1, -0.05) is 26.0 Å². The zero-order valence-corrected chi connectivity index (χ0v) is 12.0. The van der Waals surface area contributed by atoms with Gasteiger partial charge in [0.15, 0.2) is 0 Å². The summed E-state index contributed by atoms with van der Waals surface area (Å²) in [5.74, 6) is 0.106. The standard InChI is InChI=1S/C17H21FN2/c1-3-10-20-17(15-4-6-16(18)7-5-15)13(2)14-8-11-19-12-9-14/h4-9,11-13,17,20H,3,10H2,1-2H3. The van der Waals surface area contributed by atoms with Gasteiger partial charge in [0, 0.05) is 24.4 Å². The molecule has 0 radical (unpaired) electrons. The van der Waals surface area contributed by atoms with Crippen molar-refractivity contribution in [2.75, 3.05) is 6.54 Å². The summed E-state index contributed by atoms with van der Waals surface area (Å²) >= 11 is 0. The van der Waals surface area contributed by atoms with Crippen LogP contribution in [0.1, 0.15) is 43.4 Å². The molecule has 0 aliphatic rings. The molecule has 0 amide bonds. The molecule has 106 valence electrons. The fourth-order valence-electron chi connectivity index (χ4n) is 2.41. The topological polar surface area (TPSA) is 24.9 Å². The number of nitrogens with zero attached hydrogens (tertiary/aromatic N) is 1. The molecule has 1 heterocycles. The number of aromatic nitrogens is 1. The van der Waals surface area contributed by atoms with E-state index in [-0.39, 0.29) is 11.9 Å². The SMILES string of the molecule is CCCNC(c1ccc(F)cc1)C(C)c1ccncc1. The third-order valence-corrected chi connectivity index (χ3v) is 3.58. The monoisotopic (exact) mass is 272 g/mol. The van der Waals surface area contributed by atoms with Gasteiger partial charge in [0.05, 0.1) is 0 Å². The first-order chi connectivity index (χ1) is 9.72. The predicted octanol–water partition coefficient (Wildman–Crippen LogP) is 4.07. The minimum absolute atomic E-state index is 0.179. The fourth-order valence-corrected chi connectivity index (χ4v) is 2.41. The van der Waals surface area contributed by atoms with Crippen molar-refractivity contribution in [3.8, 4) is 0 Å². The lowest BCUT2D eigenvalue weighted by atomic mass is 9.89. The second-order valence-electron chi connectivity index (χ2n) is 5.05. The maximum atomic E-state index is 13.1. The Morgan fingerprint density at radius 3 is 2.30 bits per heavy atom. The first kappa shape index (κ1) is 14.7. The molecule has 0 aliphatic heterocycles. The molecule has 0 saturated carbocycles. The van der Waals surface area contributed by atoms with E-state index >= 15 is 0 Å². The lowest BCUT2D eigenvalue weighted by molar-refractivity contribution is 0.465. The van der Waals surface area contributed by atoms with E-state index in [9.17, 15) is 4.39 Å². The van der Waals surface area contributed by atoms with Gasteiger partial charge in [0.1, 0.15) is 5.82 Å². The van der Waals surface area contributed by atoms with Crippen LogP contribution in [0, 0.1) is 5.82 Å². The first-order valence-electron chi connectivity index (χ1n) is 7.11. The lowest BCUT2D eigenvalue weighted by Crippen LogP contribution is -2.26. The van der Waals surface area contributed by atoms with Gasteiger partial charge in [0.2, 0.25) is 0 Å². The summed E-state index contributed by atoms with van der Waals surface area (Å²) < 4.78 is 13.1. The van der Waals surface area contributed by atoms with Gasteiger partial charge >= 0.3 is 0 Å². The lowest BCUT2D eigenvalue weighted by Gasteiger charge is -2.26. The minimum Gasteiger partial charge on any atom is -0.309 e. The van der Waals surface area contributed by atoms with Crippen molar-refractivity contribution in [3.05, 3.63) is 65.7 Å². The van der Waals surface area contributed by atoms with E-state index in [1.54, 1.807) is 0 Å².